The van der Waals surface area contributed by atoms with Crippen LogP contribution in [0.15, 0.2) is 36.5 Å². The second kappa shape index (κ2) is 7.00. The molecule has 3 rings (SSSR count). The molecule has 0 radical (unpaired) electrons. The first-order valence-electron chi connectivity index (χ1n) is 7.88. The van der Waals surface area contributed by atoms with Crippen LogP contribution in [0.3, 0.4) is 0 Å². The molecular formula is C17H19N3O3S. The van der Waals surface area contributed by atoms with E-state index >= 15 is 0 Å². The fraction of sp³-hybridized carbons (Fsp3) is 0.353. The average Bonchev–Trinajstić information content (AvgIpc) is 2.97. The molecule has 1 aromatic heterocycles. The summed E-state index contributed by atoms with van der Waals surface area (Å²) in [6.45, 7) is 2.53. The van der Waals surface area contributed by atoms with Gasteiger partial charge in [-0.25, -0.2) is 0 Å². The number of benzene rings is 1. The molecule has 126 valence electrons. The highest BCUT2D eigenvalue weighted by Gasteiger charge is 2.27. The molecule has 0 aliphatic carbocycles. The largest absolute Gasteiger partial charge is 0.462 e. The van der Waals surface area contributed by atoms with Crippen LogP contribution in [0.5, 0.6) is 0 Å². The van der Waals surface area contributed by atoms with E-state index in [2.05, 4.69) is 4.98 Å². The molecule has 2 heterocycles. The van der Waals surface area contributed by atoms with Gasteiger partial charge in [-0.1, -0.05) is 18.2 Å². The molecule has 6 nitrogen and oxygen atoms in total. The number of ether oxygens (including phenoxy) is 1. The van der Waals surface area contributed by atoms with Crippen molar-refractivity contribution in [2.45, 2.75) is 25.9 Å². The molecule has 1 fully saturated rings. The summed E-state index contributed by atoms with van der Waals surface area (Å²) < 4.78 is 7.45. The fourth-order valence-electron chi connectivity index (χ4n) is 2.93. The molecule has 0 spiro atoms. The Kier molecular flexibility index (Phi) is 4.80. The summed E-state index contributed by atoms with van der Waals surface area (Å²) in [5.41, 5.74) is 1.36. The van der Waals surface area contributed by atoms with Gasteiger partial charge in [0, 0.05) is 44.7 Å². The van der Waals surface area contributed by atoms with Crippen molar-refractivity contribution >= 4 is 24.1 Å². The quantitative estimate of drug-likeness (QED) is 0.686. The number of para-hydroxylation sites is 1. The van der Waals surface area contributed by atoms with E-state index in [4.69, 9.17) is 17.0 Å². The lowest BCUT2D eigenvalue weighted by atomic mass is 10.1. The minimum absolute atomic E-state index is 0.0764. The standard InChI is InChI=1S/C17H19N3O3S/c1-12(21)23-14-7-9-19(10-8-14)16(22)15-11-18-17(24)20(15)13-5-3-2-4-6-13/h2-6,11,14H,7-10H2,1H3,(H,18,24). The topological polar surface area (TPSA) is 67.3 Å². The van der Waals surface area contributed by atoms with Gasteiger partial charge in [0.2, 0.25) is 0 Å². The Labute approximate surface area is 145 Å². The number of amides is 1. The lowest BCUT2D eigenvalue weighted by molar-refractivity contribution is -0.148. The number of rotatable bonds is 3. The first-order valence-corrected chi connectivity index (χ1v) is 8.29. The normalized spacial score (nSPS) is 15.3. The molecule has 1 aliphatic heterocycles. The summed E-state index contributed by atoms with van der Waals surface area (Å²) in [4.78, 5) is 28.6. The first-order chi connectivity index (χ1) is 11.6. The zero-order chi connectivity index (χ0) is 17.1. The van der Waals surface area contributed by atoms with E-state index in [9.17, 15) is 9.59 Å². The van der Waals surface area contributed by atoms with E-state index in [0.29, 0.717) is 36.4 Å². The third-order valence-corrected chi connectivity index (χ3v) is 4.37. The zero-order valence-corrected chi connectivity index (χ0v) is 14.2. The predicted molar refractivity (Wildman–Crippen MR) is 91.6 cm³/mol. The van der Waals surface area contributed by atoms with E-state index in [1.54, 1.807) is 15.7 Å². The number of nitrogens with zero attached hydrogens (tertiary/aromatic N) is 2. The molecule has 1 saturated heterocycles. The molecule has 0 bridgehead atoms. The Balaban J connectivity index is 1.78. The van der Waals surface area contributed by atoms with Crippen LogP contribution in [0.4, 0.5) is 0 Å². The number of hydrogen-bond donors (Lipinski definition) is 1. The molecule has 1 aromatic carbocycles. The van der Waals surface area contributed by atoms with Gasteiger partial charge in [0.15, 0.2) is 4.77 Å². The first kappa shape index (κ1) is 16.4. The lowest BCUT2D eigenvalue weighted by Gasteiger charge is -2.31. The van der Waals surface area contributed by atoms with Gasteiger partial charge in [-0.05, 0) is 24.4 Å². The van der Waals surface area contributed by atoms with Gasteiger partial charge < -0.3 is 14.6 Å². The molecule has 2 aromatic rings. The van der Waals surface area contributed by atoms with Crippen LogP contribution in [0.25, 0.3) is 5.69 Å². The summed E-state index contributed by atoms with van der Waals surface area (Å²) in [5.74, 6) is -0.351. The van der Waals surface area contributed by atoms with Crippen molar-refractivity contribution in [3.63, 3.8) is 0 Å². The van der Waals surface area contributed by atoms with Crippen molar-refractivity contribution < 1.29 is 14.3 Å². The second-order valence-corrected chi connectivity index (χ2v) is 6.14. The maximum absolute atomic E-state index is 12.9. The minimum Gasteiger partial charge on any atom is -0.462 e. The van der Waals surface area contributed by atoms with Crippen LogP contribution in [-0.4, -0.2) is 45.5 Å². The van der Waals surface area contributed by atoms with E-state index in [-0.39, 0.29) is 18.0 Å². The van der Waals surface area contributed by atoms with Crippen LogP contribution in [-0.2, 0) is 9.53 Å². The lowest BCUT2D eigenvalue weighted by Crippen LogP contribution is -2.41. The molecule has 1 N–H and O–H groups in total. The SMILES string of the molecule is CC(=O)OC1CCN(C(=O)c2c[nH]c(=S)n2-c2ccccc2)CC1. The second-order valence-electron chi connectivity index (χ2n) is 5.75. The molecule has 24 heavy (non-hydrogen) atoms. The van der Waals surface area contributed by atoms with Crippen molar-refractivity contribution in [2.24, 2.45) is 0 Å². The van der Waals surface area contributed by atoms with Crippen molar-refractivity contribution in [1.29, 1.82) is 0 Å². The van der Waals surface area contributed by atoms with Crippen molar-refractivity contribution in [3.05, 3.63) is 47.0 Å². The highest BCUT2D eigenvalue weighted by Crippen LogP contribution is 2.19. The highest BCUT2D eigenvalue weighted by molar-refractivity contribution is 7.71. The van der Waals surface area contributed by atoms with Gasteiger partial charge in [-0.2, -0.15) is 0 Å². The third kappa shape index (κ3) is 3.41. The maximum Gasteiger partial charge on any atom is 0.302 e. The number of carbonyl (C=O) groups excluding carboxylic acids is 2. The summed E-state index contributed by atoms with van der Waals surface area (Å²) in [5, 5.41) is 0. The number of piperidine rings is 1. The van der Waals surface area contributed by atoms with E-state index in [1.165, 1.54) is 6.92 Å². The molecule has 1 amide bonds. The smallest absolute Gasteiger partial charge is 0.302 e. The van der Waals surface area contributed by atoms with Gasteiger partial charge in [-0.3, -0.25) is 14.2 Å². The fourth-order valence-corrected chi connectivity index (χ4v) is 3.20. The molecule has 0 saturated carbocycles. The van der Waals surface area contributed by atoms with Crippen molar-refractivity contribution in [2.75, 3.05) is 13.1 Å². The number of imidazole rings is 1. The predicted octanol–water partition coefficient (Wildman–Crippen LogP) is 2.70. The van der Waals surface area contributed by atoms with E-state index in [1.807, 2.05) is 30.3 Å². The average molecular weight is 345 g/mol. The van der Waals surface area contributed by atoms with Crippen LogP contribution >= 0.6 is 12.2 Å². The van der Waals surface area contributed by atoms with E-state index in [0.717, 1.165) is 5.69 Å². The van der Waals surface area contributed by atoms with Crippen LogP contribution < -0.4 is 0 Å². The Morgan fingerprint density at radius 2 is 1.88 bits per heavy atom. The van der Waals surface area contributed by atoms with Gasteiger partial charge in [0.1, 0.15) is 11.8 Å². The summed E-state index contributed by atoms with van der Waals surface area (Å²) in [6, 6.07) is 9.55. The Bertz CT molecular complexity index is 789. The molecule has 1 aliphatic rings. The molecular weight excluding hydrogens is 326 g/mol. The highest BCUT2D eigenvalue weighted by atomic mass is 32.1. The third-order valence-electron chi connectivity index (χ3n) is 4.07. The number of nitrogens with one attached hydrogen (secondary N) is 1. The zero-order valence-electron chi connectivity index (χ0n) is 13.4. The Morgan fingerprint density at radius 3 is 2.50 bits per heavy atom. The Hall–Kier alpha value is -2.41. The maximum atomic E-state index is 12.9. The number of aromatic amines is 1. The number of esters is 1. The number of H-pyrrole nitrogens is 1. The monoisotopic (exact) mass is 345 g/mol. The van der Waals surface area contributed by atoms with Crippen LogP contribution in [0.1, 0.15) is 30.3 Å². The number of aromatic nitrogens is 2. The van der Waals surface area contributed by atoms with Crippen LogP contribution in [0, 0.1) is 4.77 Å². The summed E-state index contributed by atoms with van der Waals surface area (Å²) >= 11 is 5.32. The number of hydrogen-bond acceptors (Lipinski definition) is 4. The summed E-state index contributed by atoms with van der Waals surface area (Å²) in [7, 11) is 0. The molecule has 0 atom stereocenters. The van der Waals surface area contributed by atoms with Gasteiger partial charge in [0.25, 0.3) is 5.91 Å². The van der Waals surface area contributed by atoms with Gasteiger partial charge in [-0.15, -0.1) is 0 Å². The van der Waals surface area contributed by atoms with Gasteiger partial charge >= 0.3 is 5.97 Å². The number of likely N-dealkylation sites (tertiary alicyclic amines) is 1. The Morgan fingerprint density at radius 1 is 1.21 bits per heavy atom. The van der Waals surface area contributed by atoms with E-state index < -0.39 is 0 Å². The number of carbonyl (C=O) groups is 2. The minimum atomic E-state index is -0.275. The van der Waals surface area contributed by atoms with Crippen LogP contribution in [0.2, 0.25) is 0 Å². The van der Waals surface area contributed by atoms with Gasteiger partial charge in [0.05, 0.1) is 0 Å². The molecule has 0 unspecified atom stereocenters. The summed E-state index contributed by atoms with van der Waals surface area (Å²) in [6.07, 6.45) is 2.85. The van der Waals surface area contributed by atoms with Crippen molar-refractivity contribution in [3.8, 4) is 5.69 Å². The van der Waals surface area contributed by atoms with Crippen molar-refractivity contribution in [1.82, 2.24) is 14.5 Å². The molecule has 7 heteroatoms.